The molecule has 5 heteroatoms. The number of ether oxygens (including phenoxy) is 1. The lowest BCUT2D eigenvalue weighted by Crippen LogP contribution is -2.32. The highest BCUT2D eigenvalue weighted by Gasteiger charge is 2.24. The van der Waals surface area contributed by atoms with Crippen molar-refractivity contribution in [3.8, 4) is 0 Å². The Balaban J connectivity index is 2.26. The van der Waals surface area contributed by atoms with Gasteiger partial charge in [-0.15, -0.1) is 0 Å². The molecule has 1 rings (SSSR count). The molecule has 0 aliphatic heterocycles. The van der Waals surface area contributed by atoms with E-state index in [0.717, 1.165) is 6.42 Å². The van der Waals surface area contributed by atoms with Crippen LogP contribution in [0.15, 0.2) is 22.3 Å². The maximum Gasteiger partial charge on any atom is 0.256 e. The van der Waals surface area contributed by atoms with Gasteiger partial charge in [0.05, 0.1) is 13.2 Å². The molecule has 0 amide bonds. The Kier molecular flexibility index (Phi) is 9.11. The molecule has 4 nitrogen and oxygen atoms in total. The van der Waals surface area contributed by atoms with Crippen molar-refractivity contribution >= 4 is 8.53 Å². The van der Waals surface area contributed by atoms with Crippen LogP contribution in [0.2, 0.25) is 0 Å². The topological polar surface area (TPSA) is 41.9 Å². The predicted octanol–water partition coefficient (Wildman–Crippen LogP) is 5.05. The molecule has 2 atom stereocenters. The molecule has 2 unspecified atom stereocenters. The largest absolute Gasteiger partial charge is 0.377 e. The van der Waals surface area contributed by atoms with Crippen LogP contribution in [0.5, 0.6) is 0 Å². The van der Waals surface area contributed by atoms with E-state index >= 15 is 0 Å². The maximum atomic E-state index is 10.2. The van der Waals surface area contributed by atoms with Crippen LogP contribution in [-0.2, 0) is 9.26 Å². The van der Waals surface area contributed by atoms with Gasteiger partial charge in [0.25, 0.3) is 8.53 Å². The number of hydrogen-bond acceptors (Lipinski definition) is 4. The van der Waals surface area contributed by atoms with Gasteiger partial charge >= 0.3 is 0 Å². The van der Waals surface area contributed by atoms with Crippen LogP contribution in [-0.4, -0.2) is 41.5 Å². The first-order valence-electron chi connectivity index (χ1n) is 9.03. The molecule has 0 bridgehead atoms. The van der Waals surface area contributed by atoms with E-state index in [2.05, 4.69) is 55.4 Å². The third-order valence-electron chi connectivity index (χ3n) is 4.96. The summed E-state index contributed by atoms with van der Waals surface area (Å²) in [5.74, 6) is 0.497. The Morgan fingerprint density at radius 1 is 1.04 bits per heavy atom. The summed E-state index contributed by atoms with van der Waals surface area (Å²) in [5, 5.41) is 0. The SMILES string of the molecule is CC1=C(C)C(C)C(COCCCOP(O)N(C(C)C)C(C)C)=C1C. The summed E-state index contributed by atoms with van der Waals surface area (Å²) >= 11 is 0. The molecular formula is C19H36NO3P. The predicted molar refractivity (Wildman–Crippen MR) is 103 cm³/mol. The zero-order valence-corrected chi connectivity index (χ0v) is 17.6. The van der Waals surface area contributed by atoms with Crippen LogP contribution < -0.4 is 0 Å². The Morgan fingerprint density at radius 2 is 1.62 bits per heavy atom. The summed E-state index contributed by atoms with van der Waals surface area (Å²) in [7, 11) is -1.52. The molecule has 0 aromatic heterocycles. The molecule has 24 heavy (non-hydrogen) atoms. The smallest absolute Gasteiger partial charge is 0.256 e. The van der Waals surface area contributed by atoms with Crippen LogP contribution in [0.3, 0.4) is 0 Å². The Bertz CT molecular complexity index is 463. The van der Waals surface area contributed by atoms with Crippen LogP contribution in [0, 0.1) is 5.92 Å². The van der Waals surface area contributed by atoms with Gasteiger partial charge in [0, 0.05) is 24.6 Å². The van der Waals surface area contributed by atoms with Gasteiger partial charge in [-0.3, -0.25) is 0 Å². The van der Waals surface area contributed by atoms with Gasteiger partial charge in [-0.05, 0) is 71.6 Å². The second-order valence-corrected chi connectivity index (χ2v) is 8.47. The third-order valence-corrected chi connectivity index (χ3v) is 6.69. The normalized spacial score (nSPS) is 20.2. The lowest BCUT2D eigenvalue weighted by Gasteiger charge is -2.32. The van der Waals surface area contributed by atoms with E-state index in [4.69, 9.17) is 9.26 Å². The van der Waals surface area contributed by atoms with Gasteiger partial charge in [-0.25, -0.2) is 4.67 Å². The standard InChI is InChI=1S/C19H36NO3P/c1-13(2)20(14(3)4)24(21)23-11-9-10-22-12-19-17(7)15(5)16(6)18(19)8/h13-14,17,21H,9-12H2,1-8H3. The zero-order chi connectivity index (χ0) is 18.4. The number of hydrogen-bond donors (Lipinski definition) is 1. The van der Waals surface area contributed by atoms with E-state index in [1.165, 1.54) is 22.3 Å². The number of allylic oxidation sites excluding steroid dienone is 3. The van der Waals surface area contributed by atoms with Gasteiger partial charge in [-0.1, -0.05) is 12.5 Å². The Morgan fingerprint density at radius 3 is 2.08 bits per heavy atom. The Labute approximate surface area is 149 Å². The summed E-state index contributed by atoms with van der Waals surface area (Å²) in [4.78, 5) is 10.2. The van der Waals surface area contributed by atoms with Gasteiger partial charge in [0.1, 0.15) is 0 Å². The van der Waals surface area contributed by atoms with Crippen LogP contribution in [0.4, 0.5) is 0 Å². The first kappa shape index (κ1) is 21.8. The van der Waals surface area contributed by atoms with Crippen molar-refractivity contribution in [2.75, 3.05) is 19.8 Å². The van der Waals surface area contributed by atoms with E-state index in [9.17, 15) is 4.89 Å². The molecule has 0 spiro atoms. The third kappa shape index (κ3) is 5.64. The Hall–Kier alpha value is -0.250. The molecule has 0 saturated carbocycles. The molecule has 1 N–H and O–H groups in total. The second-order valence-electron chi connectivity index (χ2n) is 7.24. The van der Waals surface area contributed by atoms with Gasteiger partial charge < -0.3 is 14.2 Å². The van der Waals surface area contributed by atoms with Gasteiger partial charge in [0.15, 0.2) is 0 Å². The minimum Gasteiger partial charge on any atom is -0.377 e. The van der Waals surface area contributed by atoms with Crippen molar-refractivity contribution < 1.29 is 14.2 Å². The van der Waals surface area contributed by atoms with Crippen LogP contribution in [0.25, 0.3) is 0 Å². The first-order valence-corrected chi connectivity index (χ1v) is 10.2. The first-order chi connectivity index (χ1) is 11.2. The average molecular weight is 357 g/mol. The van der Waals surface area contributed by atoms with E-state index < -0.39 is 8.53 Å². The fraction of sp³-hybridized carbons (Fsp3) is 0.789. The lowest BCUT2D eigenvalue weighted by molar-refractivity contribution is 0.129. The molecule has 0 fully saturated rings. The molecule has 0 heterocycles. The molecule has 0 aromatic carbocycles. The summed E-state index contributed by atoms with van der Waals surface area (Å²) in [6, 6.07) is 0.546. The van der Waals surface area contributed by atoms with Crippen molar-refractivity contribution in [3.05, 3.63) is 22.3 Å². The van der Waals surface area contributed by atoms with Crippen LogP contribution in [0.1, 0.15) is 61.8 Å². The minimum atomic E-state index is -1.52. The van der Waals surface area contributed by atoms with Crippen LogP contribution >= 0.6 is 8.53 Å². The average Bonchev–Trinajstić information content (AvgIpc) is 2.67. The molecular weight excluding hydrogens is 321 g/mol. The van der Waals surface area contributed by atoms with E-state index in [1.807, 2.05) is 4.67 Å². The van der Waals surface area contributed by atoms with E-state index in [-0.39, 0.29) is 12.1 Å². The fourth-order valence-corrected chi connectivity index (χ4v) is 4.44. The second kappa shape index (κ2) is 10.0. The maximum absolute atomic E-state index is 10.2. The van der Waals surface area contributed by atoms with Gasteiger partial charge in [0.2, 0.25) is 0 Å². The highest BCUT2D eigenvalue weighted by molar-refractivity contribution is 7.43. The fourth-order valence-electron chi connectivity index (χ4n) is 3.23. The molecule has 0 radical (unpaired) electrons. The summed E-state index contributed by atoms with van der Waals surface area (Å²) in [6.45, 7) is 19.0. The van der Waals surface area contributed by atoms with E-state index in [1.54, 1.807) is 0 Å². The molecule has 0 aromatic rings. The quantitative estimate of drug-likeness (QED) is 0.439. The van der Waals surface area contributed by atoms with Crippen molar-refractivity contribution in [2.24, 2.45) is 5.92 Å². The van der Waals surface area contributed by atoms with Crippen molar-refractivity contribution in [1.82, 2.24) is 4.67 Å². The highest BCUT2D eigenvalue weighted by Crippen LogP contribution is 2.40. The number of nitrogens with zero attached hydrogens (tertiary/aromatic N) is 1. The molecule has 1 aliphatic rings. The van der Waals surface area contributed by atoms with Gasteiger partial charge in [-0.2, -0.15) is 0 Å². The van der Waals surface area contributed by atoms with E-state index in [0.29, 0.717) is 25.7 Å². The number of rotatable bonds is 10. The molecule has 140 valence electrons. The van der Waals surface area contributed by atoms with Crippen molar-refractivity contribution in [2.45, 2.75) is 73.9 Å². The lowest BCUT2D eigenvalue weighted by atomic mass is 9.99. The minimum absolute atomic E-state index is 0.273. The zero-order valence-electron chi connectivity index (χ0n) is 16.7. The highest BCUT2D eigenvalue weighted by atomic mass is 31.2. The van der Waals surface area contributed by atoms with Crippen molar-refractivity contribution in [3.63, 3.8) is 0 Å². The molecule has 0 saturated heterocycles. The summed E-state index contributed by atoms with van der Waals surface area (Å²) in [5.41, 5.74) is 5.67. The molecule has 1 aliphatic carbocycles. The summed E-state index contributed by atoms with van der Waals surface area (Å²) < 4.78 is 13.5. The monoisotopic (exact) mass is 357 g/mol. The summed E-state index contributed by atoms with van der Waals surface area (Å²) in [6.07, 6.45) is 0.801. The van der Waals surface area contributed by atoms with Crippen molar-refractivity contribution in [1.29, 1.82) is 0 Å².